The van der Waals surface area contributed by atoms with Crippen molar-refractivity contribution in [1.29, 1.82) is 0 Å². The summed E-state index contributed by atoms with van der Waals surface area (Å²) in [6.45, 7) is -0.437. The number of hydrogen-bond donors (Lipinski definition) is 2. The summed E-state index contributed by atoms with van der Waals surface area (Å²) in [4.78, 5) is 9.23. The van der Waals surface area contributed by atoms with Crippen molar-refractivity contribution in [3.63, 3.8) is 0 Å². The monoisotopic (exact) mass is 264 g/mol. The Morgan fingerprint density at radius 3 is 2.88 bits per heavy atom. The second kappa shape index (κ2) is 4.00. The summed E-state index contributed by atoms with van der Waals surface area (Å²) in [6.07, 6.45) is -1.93. The van der Waals surface area contributed by atoms with E-state index in [1.165, 1.54) is 0 Å². The largest absolute Gasteiger partial charge is 0.474 e. The van der Waals surface area contributed by atoms with E-state index in [9.17, 15) is 9.46 Å². The molecule has 2 fully saturated rings. The lowest BCUT2D eigenvalue weighted by atomic mass is 9.81. The zero-order valence-corrected chi connectivity index (χ0v) is 9.52. The van der Waals surface area contributed by atoms with Crippen LogP contribution < -0.4 is 0 Å². The molecule has 2 aliphatic heterocycles. The van der Waals surface area contributed by atoms with Crippen molar-refractivity contribution in [2.24, 2.45) is 0 Å². The van der Waals surface area contributed by atoms with Gasteiger partial charge in [0.25, 0.3) is 0 Å². The normalized spacial score (nSPS) is 50.8. The highest BCUT2D eigenvalue weighted by atomic mass is 35.5. The van der Waals surface area contributed by atoms with Crippen molar-refractivity contribution in [3.05, 3.63) is 0 Å². The summed E-state index contributed by atoms with van der Waals surface area (Å²) in [5.74, 6) is 2.36. The van der Waals surface area contributed by atoms with Crippen molar-refractivity contribution in [2.45, 2.75) is 23.8 Å². The molecule has 5 atom stereocenters. The molecule has 0 amide bonds. The third-order valence-electron chi connectivity index (χ3n) is 2.44. The summed E-state index contributed by atoms with van der Waals surface area (Å²) >= 11 is 5.25. The first kappa shape index (κ1) is 12.4. The summed E-state index contributed by atoms with van der Waals surface area (Å²) in [6, 6.07) is -1.12. The van der Waals surface area contributed by atoms with Gasteiger partial charge in [-0.25, -0.2) is 4.57 Å². The van der Waals surface area contributed by atoms with Crippen molar-refractivity contribution < 1.29 is 28.3 Å². The lowest BCUT2D eigenvalue weighted by molar-refractivity contribution is -0.00473. The third kappa shape index (κ3) is 1.71. The Morgan fingerprint density at radius 1 is 1.62 bits per heavy atom. The molecule has 0 aromatic heterocycles. The van der Waals surface area contributed by atoms with Crippen LogP contribution in [-0.4, -0.2) is 48.3 Å². The molecule has 2 heterocycles. The second-order valence-corrected chi connectivity index (χ2v) is 4.90. The second-order valence-electron chi connectivity index (χ2n) is 3.38. The van der Waals surface area contributed by atoms with Crippen LogP contribution in [0.3, 0.4) is 0 Å². The Labute approximate surface area is 97.9 Å². The van der Waals surface area contributed by atoms with Gasteiger partial charge >= 0.3 is 7.82 Å². The Kier molecular flexibility index (Phi) is 3.10. The highest BCUT2D eigenvalue weighted by Gasteiger charge is 2.65. The molecule has 0 aliphatic carbocycles. The van der Waals surface area contributed by atoms with E-state index in [2.05, 4.69) is 5.92 Å². The molecule has 0 bridgehead atoms. The van der Waals surface area contributed by atoms with E-state index in [-0.39, 0.29) is 0 Å². The number of aliphatic hydroxyl groups is 1. The van der Waals surface area contributed by atoms with Crippen LogP contribution in [0.1, 0.15) is 0 Å². The van der Waals surface area contributed by atoms with Gasteiger partial charge in [0.05, 0.1) is 12.6 Å². The van der Waals surface area contributed by atoms with Crippen LogP contribution in [0, 0.1) is 11.3 Å². The molecule has 16 heavy (non-hydrogen) atoms. The fraction of sp³-hybridized carbons (Fsp3) is 0.714. The van der Waals surface area contributed by atoms with E-state index in [1.54, 1.807) is 0 Å². The molecule has 3 unspecified atom stereocenters. The molecule has 2 saturated heterocycles. The van der Waals surface area contributed by atoms with E-state index in [0.29, 0.717) is 0 Å². The number of phosphoric acid groups is 1. The van der Waals surface area contributed by atoms with Gasteiger partial charge in [-0.15, -0.1) is 0 Å². The Morgan fingerprint density at radius 2 is 2.31 bits per heavy atom. The minimum atomic E-state index is -4.24. The number of hydrogen-bond acceptors (Lipinski definition) is 5. The van der Waals surface area contributed by atoms with Gasteiger partial charge in [0.2, 0.25) is 0 Å². The molecule has 2 radical (unpaired) electrons. The van der Waals surface area contributed by atoms with Crippen LogP contribution >= 0.6 is 19.4 Å². The highest BCUT2D eigenvalue weighted by Crippen LogP contribution is 2.61. The zero-order chi connectivity index (χ0) is 12.0. The predicted molar refractivity (Wildman–Crippen MR) is 53.6 cm³/mol. The van der Waals surface area contributed by atoms with E-state index in [0.717, 1.165) is 0 Å². The molecule has 9 heteroatoms. The molecular weight excluding hydrogens is 257 g/mol. The molecule has 86 valence electrons. The molecular formula is C7H7BClO6P. The third-order valence-corrected chi connectivity index (χ3v) is 3.56. The molecule has 0 aromatic rings. The van der Waals surface area contributed by atoms with E-state index in [4.69, 9.17) is 38.3 Å². The van der Waals surface area contributed by atoms with Crippen LogP contribution in [0.25, 0.3) is 0 Å². The van der Waals surface area contributed by atoms with Crippen LogP contribution in [0.4, 0.5) is 0 Å². The van der Waals surface area contributed by atoms with Gasteiger partial charge in [-0.05, 0) is 17.5 Å². The zero-order valence-electron chi connectivity index (χ0n) is 7.87. The summed E-state index contributed by atoms with van der Waals surface area (Å²) < 4.78 is 26.0. The average Bonchev–Trinajstić information content (AvgIpc) is 2.58. The van der Waals surface area contributed by atoms with Gasteiger partial charge in [-0.3, -0.25) is 9.05 Å². The van der Waals surface area contributed by atoms with Crippen LogP contribution in [0.15, 0.2) is 0 Å². The van der Waals surface area contributed by atoms with Crippen LogP contribution in [0.5, 0.6) is 0 Å². The van der Waals surface area contributed by atoms with Crippen molar-refractivity contribution in [3.8, 4) is 11.3 Å². The summed E-state index contributed by atoms with van der Waals surface area (Å²) in [5.41, 5.74) is -1.61. The van der Waals surface area contributed by atoms with Gasteiger partial charge in [0, 0.05) is 5.38 Å². The topological polar surface area (TPSA) is 85.2 Å². The van der Waals surface area contributed by atoms with Gasteiger partial charge in [0.15, 0.2) is 5.60 Å². The van der Waals surface area contributed by atoms with Crippen LogP contribution in [0.2, 0.25) is 0 Å². The first-order valence-electron chi connectivity index (χ1n) is 4.32. The highest BCUT2D eigenvalue weighted by molar-refractivity contribution is 7.47. The summed E-state index contributed by atoms with van der Waals surface area (Å²) in [5, 5.41) is 11.0. The van der Waals surface area contributed by atoms with Crippen molar-refractivity contribution >= 4 is 27.3 Å². The fourth-order valence-electron chi connectivity index (χ4n) is 1.78. The average molecular weight is 264 g/mol. The smallest absolute Gasteiger partial charge is 0.394 e. The van der Waals surface area contributed by atoms with Gasteiger partial charge < -0.3 is 14.7 Å². The molecule has 2 aliphatic rings. The Bertz CT molecular complexity index is 407. The maximum Gasteiger partial charge on any atom is 0.474 e. The predicted octanol–water partition coefficient (Wildman–Crippen LogP) is -0.674. The molecule has 0 saturated carbocycles. The first-order chi connectivity index (χ1) is 7.45. The number of aliphatic hydroxyl groups excluding tert-OH is 1. The van der Waals surface area contributed by atoms with Crippen molar-refractivity contribution in [2.75, 3.05) is 6.61 Å². The minimum Gasteiger partial charge on any atom is -0.394 e. The number of rotatable bonds is 1. The Hall–Kier alpha value is -0.0551. The standard InChI is InChI=1S/C7H7BClO6P/c8-6-7(1-2-9)5(4(3-10)13-6)14-16(11,12)15-7/h4-6,10H,3H2,(H,11,12)/t4-,5?,6-,7?/m1/s1. The van der Waals surface area contributed by atoms with E-state index >= 15 is 0 Å². The molecule has 2 N–H and O–H groups in total. The SMILES string of the molecule is [B][C@@H]1O[C@H](CO)C2OP(=O)(O)OC21C#CCl. The van der Waals surface area contributed by atoms with Gasteiger partial charge in [-0.2, -0.15) is 0 Å². The summed E-state index contributed by atoms with van der Waals surface area (Å²) in [7, 11) is 1.36. The van der Waals surface area contributed by atoms with E-state index < -0.39 is 38.2 Å². The minimum absolute atomic E-state index is 0.437. The van der Waals surface area contributed by atoms with Gasteiger partial charge in [-0.1, -0.05) is 0 Å². The molecule has 2 rings (SSSR count). The van der Waals surface area contributed by atoms with Gasteiger partial charge in [0.1, 0.15) is 20.1 Å². The fourth-order valence-corrected chi connectivity index (χ4v) is 3.19. The maximum atomic E-state index is 11.3. The molecule has 6 nitrogen and oxygen atoms in total. The Balaban J connectivity index is 2.42. The number of phosphoric ester groups is 1. The number of halogens is 1. The number of fused-ring (bicyclic) bond motifs is 1. The lowest BCUT2D eigenvalue weighted by Crippen LogP contribution is -2.45. The van der Waals surface area contributed by atoms with E-state index in [1.807, 2.05) is 5.38 Å². The molecule has 0 spiro atoms. The van der Waals surface area contributed by atoms with Crippen molar-refractivity contribution in [1.82, 2.24) is 0 Å². The maximum absolute atomic E-state index is 11.3. The molecule has 0 aromatic carbocycles. The lowest BCUT2D eigenvalue weighted by Gasteiger charge is -2.21. The van der Waals surface area contributed by atoms with Crippen LogP contribution in [-0.2, 0) is 18.3 Å². The quantitative estimate of drug-likeness (QED) is 0.371. The number of ether oxygens (including phenoxy) is 1. The first-order valence-corrected chi connectivity index (χ1v) is 6.19.